The molecule has 0 aliphatic heterocycles. The standard InChI is InChI=1S/C5H7NO.Na.H/c1-2-3-5(7)4-6;;/h2-3H2,1H3;;/q;+1;-1. The molecule has 0 saturated carbocycles. The maximum Gasteiger partial charge on any atom is 1.00 e. The van der Waals surface area contributed by atoms with Crippen molar-refractivity contribution in [3.63, 3.8) is 0 Å². The Hall–Kier alpha value is 0.160. The van der Waals surface area contributed by atoms with Crippen LogP contribution >= 0.6 is 0 Å². The van der Waals surface area contributed by atoms with Gasteiger partial charge in [-0.2, -0.15) is 5.26 Å². The fourth-order valence-corrected chi connectivity index (χ4v) is 0.283. The van der Waals surface area contributed by atoms with E-state index in [1.54, 1.807) is 0 Å². The summed E-state index contributed by atoms with van der Waals surface area (Å²) in [5.74, 6) is -0.317. The summed E-state index contributed by atoms with van der Waals surface area (Å²) in [6, 6.07) is 1.53. The van der Waals surface area contributed by atoms with Gasteiger partial charge in [0.25, 0.3) is 0 Å². The van der Waals surface area contributed by atoms with Gasteiger partial charge < -0.3 is 1.43 Å². The van der Waals surface area contributed by atoms with E-state index in [-0.39, 0.29) is 36.8 Å². The van der Waals surface area contributed by atoms with Gasteiger partial charge in [0.1, 0.15) is 6.07 Å². The number of rotatable bonds is 2. The zero-order valence-electron chi connectivity index (χ0n) is 6.27. The zero-order chi connectivity index (χ0) is 5.70. The average Bonchev–Trinajstić information content (AvgIpc) is 1.68. The summed E-state index contributed by atoms with van der Waals surface area (Å²) < 4.78 is 0. The quantitative estimate of drug-likeness (QED) is 0.313. The molecule has 0 aromatic rings. The van der Waals surface area contributed by atoms with Gasteiger partial charge in [0.05, 0.1) is 0 Å². The molecule has 0 bridgehead atoms. The van der Waals surface area contributed by atoms with Crippen LogP contribution in [0.25, 0.3) is 0 Å². The summed E-state index contributed by atoms with van der Waals surface area (Å²) in [7, 11) is 0. The van der Waals surface area contributed by atoms with Gasteiger partial charge in [0, 0.05) is 6.42 Å². The Morgan fingerprint density at radius 3 is 2.50 bits per heavy atom. The molecule has 0 aliphatic rings. The van der Waals surface area contributed by atoms with Crippen LogP contribution < -0.4 is 29.6 Å². The van der Waals surface area contributed by atoms with Crippen molar-refractivity contribution in [1.29, 1.82) is 5.26 Å². The molecule has 0 rings (SSSR count). The van der Waals surface area contributed by atoms with Crippen molar-refractivity contribution in [2.24, 2.45) is 0 Å². The SMILES string of the molecule is CCCC(=O)C#N.[H-].[Na+]. The minimum Gasteiger partial charge on any atom is -1.00 e. The Bertz CT molecular complexity index is 110. The number of nitrogens with zero attached hydrogens (tertiary/aromatic N) is 1. The van der Waals surface area contributed by atoms with Crippen LogP contribution in [0, 0.1) is 11.3 Å². The van der Waals surface area contributed by atoms with E-state index in [0.29, 0.717) is 6.42 Å². The molecule has 2 nitrogen and oxygen atoms in total. The summed E-state index contributed by atoms with van der Waals surface area (Å²) in [6.45, 7) is 1.87. The van der Waals surface area contributed by atoms with E-state index in [1.807, 2.05) is 6.92 Å². The predicted molar refractivity (Wildman–Crippen MR) is 26.6 cm³/mol. The fraction of sp³-hybridized carbons (Fsp3) is 0.600. The van der Waals surface area contributed by atoms with Crippen molar-refractivity contribution < 1.29 is 35.8 Å². The molecule has 0 radical (unpaired) electrons. The number of carbonyl (C=O) groups is 1. The van der Waals surface area contributed by atoms with Crippen molar-refractivity contribution >= 4 is 5.78 Å². The van der Waals surface area contributed by atoms with Crippen molar-refractivity contribution in [1.82, 2.24) is 0 Å². The van der Waals surface area contributed by atoms with Gasteiger partial charge in [-0.25, -0.2) is 0 Å². The normalized spacial score (nSPS) is 6.50. The van der Waals surface area contributed by atoms with Crippen molar-refractivity contribution in [2.45, 2.75) is 19.8 Å². The number of hydrogen-bond donors (Lipinski definition) is 0. The molecule has 0 aliphatic carbocycles. The monoisotopic (exact) mass is 121 g/mol. The number of ketones is 1. The second-order valence-corrected chi connectivity index (χ2v) is 1.28. The molecule has 0 heterocycles. The van der Waals surface area contributed by atoms with E-state index in [2.05, 4.69) is 0 Å². The summed E-state index contributed by atoms with van der Waals surface area (Å²) >= 11 is 0. The second-order valence-electron chi connectivity index (χ2n) is 1.28. The van der Waals surface area contributed by atoms with E-state index in [9.17, 15) is 4.79 Å². The molecule has 0 fully saturated rings. The maximum absolute atomic E-state index is 10.1. The van der Waals surface area contributed by atoms with Crippen LogP contribution in [0.1, 0.15) is 21.2 Å². The average molecular weight is 121 g/mol. The van der Waals surface area contributed by atoms with Crippen LogP contribution in [0.15, 0.2) is 0 Å². The molecule has 0 amide bonds. The van der Waals surface area contributed by atoms with E-state index in [1.165, 1.54) is 6.07 Å². The molecule has 3 heteroatoms. The second kappa shape index (κ2) is 7.16. The zero-order valence-corrected chi connectivity index (χ0v) is 7.27. The summed E-state index contributed by atoms with van der Waals surface area (Å²) in [5, 5.41) is 7.87. The van der Waals surface area contributed by atoms with E-state index >= 15 is 0 Å². The largest absolute Gasteiger partial charge is 1.00 e. The van der Waals surface area contributed by atoms with Crippen molar-refractivity contribution in [2.75, 3.05) is 0 Å². The minimum absolute atomic E-state index is 0. The molecule has 40 valence electrons. The van der Waals surface area contributed by atoms with Crippen LogP contribution in [-0.4, -0.2) is 5.78 Å². The first-order valence-electron chi connectivity index (χ1n) is 2.24. The Kier molecular flexibility index (Phi) is 9.87. The van der Waals surface area contributed by atoms with Crippen LogP contribution in [0.4, 0.5) is 0 Å². The third-order valence-electron chi connectivity index (χ3n) is 0.602. The minimum atomic E-state index is -0.317. The molecule has 0 spiro atoms. The Labute approximate surface area is 72.7 Å². The van der Waals surface area contributed by atoms with Crippen LogP contribution in [-0.2, 0) is 4.79 Å². The Balaban J connectivity index is -0.000000180. The molecule has 0 aromatic heterocycles. The smallest absolute Gasteiger partial charge is 1.00 e. The van der Waals surface area contributed by atoms with Gasteiger partial charge in [-0.1, -0.05) is 6.92 Å². The molecule has 0 unspecified atom stereocenters. The topological polar surface area (TPSA) is 40.9 Å². The predicted octanol–water partition coefficient (Wildman–Crippen LogP) is -2.00. The van der Waals surface area contributed by atoms with Crippen LogP contribution in [0.3, 0.4) is 0 Å². The molecular weight excluding hydrogens is 113 g/mol. The van der Waals surface area contributed by atoms with Crippen LogP contribution in [0.2, 0.25) is 0 Å². The maximum atomic E-state index is 10.1. The van der Waals surface area contributed by atoms with Crippen molar-refractivity contribution in [3.05, 3.63) is 0 Å². The molecular formula is C5H8NNaO. The van der Waals surface area contributed by atoms with Gasteiger partial charge in [-0.15, -0.1) is 0 Å². The van der Waals surface area contributed by atoms with Crippen LogP contribution in [0.5, 0.6) is 0 Å². The molecule has 0 aromatic carbocycles. The van der Waals surface area contributed by atoms with Gasteiger partial charge in [0.2, 0.25) is 5.78 Å². The third kappa shape index (κ3) is 6.16. The fourth-order valence-electron chi connectivity index (χ4n) is 0.283. The number of Topliss-reactive ketones (excluding diaryl/α,β-unsaturated/α-hetero) is 1. The van der Waals surface area contributed by atoms with Crippen molar-refractivity contribution in [3.8, 4) is 6.07 Å². The Morgan fingerprint density at radius 2 is 2.38 bits per heavy atom. The first-order chi connectivity index (χ1) is 3.31. The molecule has 0 saturated heterocycles. The number of hydrogen-bond acceptors (Lipinski definition) is 2. The first kappa shape index (κ1) is 11.0. The third-order valence-corrected chi connectivity index (χ3v) is 0.602. The summed E-state index contributed by atoms with van der Waals surface area (Å²) in [5.41, 5.74) is 0. The number of nitriles is 1. The molecule has 0 atom stereocenters. The van der Waals surface area contributed by atoms with E-state index in [4.69, 9.17) is 5.26 Å². The van der Waals surface area contributed by atoms with E-state index < -0.39 is 0 Å². The van der Waals surface area contributed by atoms with Gasteiger partial charge in [0.15, 0.2) is 0 Å². The Morgan fingerprint density at radius 1 is 1.88 bits per heavy atom. The molecule has 8 heavy (non-hydrogen) atoms. The van der Waals surface area contributed by atoms with Gasteiger partial charge in [-0.05, 0) is 6.42 Å². The van der Waals surface area contributed by atoms with E-state index in [0.717, 1.165) is 6.42 Å². The number of carbonyl (C=O) groups excluding carboxylic acids is 1. The van der Waals surface area contributed by atoms with Gasteiger partial charge >= 0.3 is 29.6 Å². The summed E-state index contributed by atoms with van der Waals surface area (Å²) in [6.07, 6.45) is 1.17. The first-order valence-corrected chi connectivity index (χ1v) is 2.24. The van der Waals surface area contributed by atoms with Gasteiger partial charge in [-0.3, -0.25) is 4.79 Å². The summed E-state index contributed by atoms with van der Waals surface area (Å²) in [4.78, 5) is 10.1. The molecule has 0 N–H and O–H groups in total.